The van der Waals surface area contributed by atoms with Crippen molar-refractivity contribution in [2.45, 2.75) is 26.0 Å². The van der Waals surface area contributed by atoms with Crippen LogP contribution in [-0.2, 0) is 14.2 Å². The molecule has 1 unspecified atom stereocenters. The average Bonchev–Trinajstić information content (AvgIpc) is 2.23. The van der Waals surface area contributed by atoms with Gasteiger partial charge in [-0.05, 0) is 6.42 Å². The monoisotopic (exact) mass is 221 g/mol. The van der Waals surface area contributed by atoms with Crippen LogP contribution in [0.3, 0.4) is 0 Å². The number of rotatable bonds is 11. The molecule has 0 rings (SSSR count). The third kappa shape index (κ3) is 11.7. The number of aliphatic hydroxyl groups is 1. The molecule has 5 heteroatoms. The van der Waals surface area contributed by atoms with E-state index in [2.05, 4.69) is 6.92 Å². The average molecular weight is 221 g/mol. The van der Waals surface area contributed by atoms with Crippen LogP contribution in [0, 0.1) is 0 Å². The van der Waals surface area contributed by atoms with Crippen molar-refractivity contribution in [2.75, 3.05) is 39.6 Å². The molecular formula is C10H23NO4. The maximum atomic E-state index is 8.43. The van der Waals surface area contributed by atoms with Gasteiger partial charge in [-0.2, -0.15) is 0 Å². The number of hydrogen-bond donors (Lipinski definition) is 2. The molecule has 0 heterocycles. The molecule has 0 amide bonds. The first-order valence-corrected chi connectivity index (χ1v) is 5.44. The molecule has 0 aromatic rings. The first kappa shape index (κ1) is 14.8. The molecule has 0 aliphatic carbocycles. The van der Waals surface area contributed by atoms with Crippen molar-refractivity contribution in [3.63, 3.8) is 0 Å². The normalized spacial score (nSPS) is 13.0. The summed E-state index contributed by atoms with van der Waals surface area (Å²) in [6.07, 6.45) is 1.77. The molecule has 92 valence electrons. The van der Waals surface area contributed by atoms with Gasteiger partial charge >= 0.3 is 0 Å². The molecule has 0 fully saturated rings. The molecule has 0 aromatic heterocycles. The lowest BCUT2D eigenvalue weighted by Crippen LogP contribution is -2.30. The maximum Gasteiger partial charge on any atom is 0.129 e. The highest BCUT2D eigenvalue weighted by molar-refractivity contribution is 4.45. The summed E-state index contributed by atoms with van der Waals surface area (Å²) >= 11 is 0. The summed E-state index contributed by atoms with van der Waals surface area (Å²) in [5, 5.41) is 8.43. The van der Waals surface area contributed by atoms with Gasteiger partial charge in [-0.25, -0.2) is 0 Å². The van der Waals surface area contributed by atoms with E-state index in [9.17, 15) is 0 Å². The molecule has 0 aliphatic heterocycles. The van der Waals surface area contributed by atoms with E-state index in [1.807, 2.05) is 0 Å². The Hall–Kier alpha value is -0.200. The Bertz CT molecular complexity index is 124. The molecule has 0 radical (unpaired) electrons. The van der Waals surface area contributed by atoms with Crippen LogP contribution in [0.1, 0.15) is 19.8 Å². The minimum absolute atomic E-state index is 0.0413. The zero-order valence-electron chi connectivity index (χ0n) is 9.48. The van der Waals surface area contributed by atoms with Crippen LogP contribution in [0.15, 0.2) is 0 Å². The van der Waals surface area contributed by atoms with Crippen molar-refractivity contribution >= 4 is 0 Å². The Morgan fingerprint density at radius 1 is 1.13 bits per heavy atom. The van der Waals surface area contributed by atoms with E-state index in [0.717, 1.165) is 12.8 Å². The van der Waals surface area contributed by atoms with Crippen molar-refractivity contribution in [2.24, 2.45) is 5.73 Å². The highest BCUT2D eigenvalue weighted by Crippen LogP contribution is 1.91. The molecule has 0 spiro atoms. The predicted octanol–water partition coefficient (Wildman–Crippen LogP) is 0.113. The number of aliphatic hydroxyl groups excluding tert-OH is 1. The van der Waals surface area contributed by atoms with Gasteiger partial charge in [-0.1, -0.05) is 13.3 Å². The standard InChI is InChI=1S/C10H23NO4/c1-2-3-5-15-10(11)9-14-8-7-13-6-4-12/h10,12H,2-9,11H2,1H3. The van der Waals surface area contributed by atoms with E-state index in [1.165, 1.54) is 0 Å². The zero-order chi connectivity index (χ0) is 11.4. The van der Waals surface area contributed by atoms with Gasteiger partial charge < -0.3 is 25.1 Å². The van der Waals surface area contributed by atoms with Gasteiger partial charge in [0.25, 0.3) is 0 Å². The number of ether oxygens (including phenoxy) is 3. The molecular weight excluding hydrogens is 198 g/mol. The number of unbranched alkanes of at least 4 members (excludes halogenated alkanes) is 1. The quantitative estimate of drug-likeness (QED) is 0.383. The number of nitrogens with two attached hydrogens (primary N) is 1. The fourth-order valence-electron chi connectivity index (χ4n) is 0.911. The van der Waals surface area contributed by atoms with Gasteiger partial charge in [-0.15, -0.1) is 0 Å². The second-order valence-electron chi connectivity index (χ2n) is 3.17. The Labute approximate surface area is 91.5 Å². The highest BCUT2D eigenvalue weighted by atomic mass is 16.6. The second-order valence-corrected chi connectivity index (χ2v) is 3.17. The van der Waals surface area contributed by atoms with Crippen LogP contribution < -0.4 is 5.73 Å². The van der Waals surface area contributed by atoms with E-state index in [-0.39, 0.29) is 12.8 Å². The van der Waals surface area contributed by atoms with Gasteiger partial charge in [0.15, 0.2) is 0 Å². The van der Waals surface area contributed by atoms with Gasteiger partial charge in [0.05, 0.1) is 33.0 Å². The van der Waals surface area contributed by atoms with Gasteiger partial charge in [-0.3, -0.25) is 0 Å². The van der Waals surface area contributed by atoms with Crippen LogP contribution in [0.2, 0.25) is 0 Å². The topological polar surface area (TPSA) is 73.9 Å². The minimum atomic E-state index is -0.352. The molecule has 0 saturated carbocycles. The summed E-state index contributed by atoms with van der Waals surface area (Å²) in [6, 6.07) is 0. The molecule has 5 nitrogen and oxygen atoms in total. The summed E-state index contributed by atoms with van der Waals surface area (Å²) < 4.78 is 15.5. The first-order chi connectivity index (χ1) is 7.31. The first-order valence-electron chi connectivity index (χ1n) is 5.44. The molecule has 0 aliphatic rings. The Morgan fingerprint density at radius 3 is 2.53 bits per heavy atom. The Balaban J connectivity index is 3.06. The third-order valence-corrected chi connectivity index (χ3v) is 1.72. The van der Waals surface area contributed by atoms with E-state index in [0.29, 0.717) is 33.0 Å². The van der Waals surface area contributed by atoms with Crippen LogP contribution in [0.25, 0.3) is 0 Å². The molecule has 15 heavy (non-hydrogen) atoms. The van der Waals surface area contributed by atoms with Gasteiger partial charge in [0.2, 0.25) is 0 Å². The maximum absolute atomic E-state index is 8.43. The minimum Gasteiger partial charge on any atom is -0.394 e. The van der Waals surface area contributed by atoms with Crippen molar-refractivity contribution in [1.29, 1.82) is 0 Å². The lowest BCUT2D eigenvalue weighted by Gasteiger charge is -2.13. The molecule has 0 saturated heterocycles. The smallest absolute Gasteiger partial charge is 0.129 e. The molecule has 1 atom stereocenters. The van der Waals surface area contributed by atoms with Crippen LogP contribution in [0.5, 0.6) is 0 Å². The molecule has 0 bridgehead atoms. The molecule has 0 aromatic carbocycles. The van der Waals surface area contributed by atoms with Gasteiger partial charge in [0, 0.05) is 6.61 Å². The molecule has 3 N–H and O–H groups in total. The second kappa shape index (κ2) is 11.9. The summed E-state index contributed by atoms with van der Waals surface area (Å²) in [6.45, 7) is 4.51. The Morgan fingerprint density at radius 2 is 1.87 bits per heavy atom. The zero-order valence-corrected chi connectivity index (χ0v) is 9.48. The van der Waals surface area contributed by atoms with Gasteiger partial charge in [0.1, 0.15) is 6.23 Å². The van der Waals surface area contributed by atoms with Crippen molar-refractivity contribution in [3.8, 4) is 0 Å². The predicted molar refractivity (Wildman–Crippen MR) is 57.6 cm³/mol. The fraction of sp³-hybridized carbons (Fsp3) is 1.00. The van der Waals surface area contributed by atoms with E-state index in [1.54, 1.807) is 0 Å². The van der Waals surface area contributed by atoms with Crippen LogP contribution in [0.4, 0.5) is 0 Å². The highest BCUT2D eigenvalue weighted by Gasteiger charge is 2.01. The summed E-state index contributed by atoms with van der Waals surface area (Å²) in [4.78, 5) is 0. The van der Waals surface area contributed by atoms with E-state index < -0.39 is 0 Å². The Kier molecular flexibility index (Phi) is 11.7. The summed E-state index contributed by atoms with van der Waals surface area (Å²) in [5.74, 6) is 0. The third-order valence-electron chi connectivity index (χ3n) is 1.72. The van der Waals surface area contributed by atoms with E-state index in [4.69, 9.17) is 25.1 Å². The lowest BCUT2D eigenvalue weighted by molar-refractivity contribution is -0.0314. The number of hydrogen-bond acceptors (Lipinski definition) is 5. The van der Waals surface area contributed by atoms with Crippen molar-refractivity contribution in [1.82, 2.24) is 0 Å². The van der Waals surface area contributed by atoms with E-state index >= 15 is 0 Å². The summed E-state index contributed by atoms with van der Waals surface area (Å²) in [5.41, 5.74) is 5.63. The SMILES string of the molecule is CCCCOC(N)COCCOCCO. The van der Waals surface area contributed by atoms with Crippen molar-refractivity contribution < 1.29 is 19.3 Å². The van der Waals surface area contributed by atoms with Crippen LogP contribution in [-0.4, -0.2) is 51.0 Å². The summed E-state index contributed by atoms with van der Waals surface area (Å²) in [7, 11) is 0. The lowest BCUT2D eigenvalue weighted by atomic mass is 10.4. The van der Waals surface area contributed by atoms with Crippen molar-refractivity contribution in [3.05, 3.63) is 0 Å². The fourth-order valence-corrected chi connectivity index (χ4v) is 0.911. The largest absolute Gasteiger partial charge is 0.394 e. The van der Waals surface area contributed by atoms with Crippen LogP contribution >= 0.6 is 0 Å².